The average Bonchev–Trinajstić information content (AvgIpc) is 2.48. The van der Waals surface area contributed by atoms with Gasteiger partial charge in [0.1, 0.15) is 5.78 Å². The molecule has 0 heterocycles. The first-order valence-corrected chi connectivity index (χ1v) is 5.10. The Kier molecular flexibility index (Phi) is 3.12. The molecule has 1 aliphatic carbocycles. The topological polar surface area (TPSA) is 37.3 Å². The maximum Gasteiger partial charge on any atom is 0.141 e. The Morgan fingerprint density at radius 1 is 1.38 bits per heavy atom. The van der Waals surface area contributed by atoms with Crippen LogP contribution < -0.4 is 0 Å². The van der Waals surface area contributed by atoms with Crippen molar-refractivity contribution < 1.29 is 9.90 Å². The van der Waals surface area contributed by atoms with Crippen molar-refractivity contribution in [2.45, 2.75) is 40.0 Å². The van der Waals surface area contributed by atoms with Gasteiger partial charge in [0.05, 0.1) is 0 Å². The molecule has 1 saturated carbocycles. The number of aliphatic hydroxyl groups excluding tert-OH is 1. The predicted molar refractivity (Wildman–Crippen MR) is 52.4 cm³/mol. The van der Waals surface area contributed by atoms with Crippen molar-refractivity contribution in [3.05, 3.63) is 0 Å². The second kappa shape index (κ2) is 3.79. The molecule has 76 valence electrons. The van der Waals surface area contributed by atoms with Crippen LogP contribution in [0.2, 0.25) is 0 Å². The second-order valence-electron chi connectivity index (χ2n) is 5.17. The number of carbonyl (C=O) groups excluding carboxylic acids is 1. The zero-order valence-electron chi connectivity index (χ0n) is 8.84. The van der Waals surface area contributed by atoms with E-state index in [0.29, 0.717) is 11.7 Å². The summed E-state index contributed by atoms with van der Waals surface area (Å²) >= 11 is 0. The van der Waals surface area contributed by atoms with Gasteiger partial charge in [-0.3, -0.25) is 4.79 Å². The average molecular weight is 184 g/mol. The molecule has 0 radical (unpaired) electrons. The van der Waals surface area contributed by atoms with Gasteiger partial charge in [0.25, 0.3) is 0 Å². The minimum absolute atomic E-state index is 0.206. The van der Waals surface area contributed by atoms with Crippen LogP contribution in [0.1, 0.15) is 40.0 Å². The van der Waals surface area contributed by atoms with Crippen LogP contribution in [-0.4, -0.2) is 17.5 Å². The molecule has 2 atom stereocenters. The summed E-state index contributed by atoms with van der Waals surface area (Å²) in [6.45, 7) is 6.17. The normalized spacial score (nSPS) is 29.2. The minimum Gasteiger partial charge on any atom is -0.396 e. The fraction of sp³-hybridized carbons (Fsp3) is 0.909. The smallest absolute Gasteiger partial charge is 0.141 e. The molecule has 0 aromatic rings. The number of Topliss-reactive ketones (excluding diaryl/α,β-unsaturated/α-hetero) is 1. The lowest BCUT2D eigenvalue weighted by Crippen LogP contribution is -2.27. The summed E-state index contributed by atoms with van der Waals surface area (Å²) < 4.78 is 0. The summed E-state index contributed by atoms with van der Waals surface area (Å²) in [5.74, 6) is 0.942. The Hall–Kier alpha value is -0.370. The molecule has 0 amide bonds. The van der Waals surface area contributed by atoms with Gasteiger partial charge in [-0.1, -0.05) is 20.8 Å². The van der Waals surface area contributed by atoms with Gasteiger partial charge in [-0.2, -0.15) is 0 Å². The molecule has 2 nitrogen and oxygen atoms in total. The van der Waals surface area contributed by atoms with E-state index in [4.69, 9.17) is 5.11 Å². The van der Waals surface area contributed by atoms with Crippen LogP contribution in [0.25, 0.3) is 0 Å². The Balaban J connectivity index is 2.52. The van der Waals surface area contributed by atoms with Crippen LogP contribution in [0.15, 0.2) is 0 Å². The monoisotopic (exact) mass is 184 g/mol. The fourth-order valence-corrected chi connectivity index (χ4v) is 2.09. The highest BCUT2D eigenvalue weighted by molar-refractivity contribution is 5.86. The summed E-state index contributed by atoms with van der Waals surface area (Å²) in [4.78, 5) is 11.8. The first kappa shape index (κ1) is 10.7. The lowest BCUT2D eigenvalue weighted by Gasteiger charge is -2.21. The van der Waals surface area contributed by atoms with E-state index in [9.17, 15) is 4.79 Å². The van der Waals surface area contributed by atoms with Crippen molar-refractivity contribution in [2.75, 3.05) is 6.61 Å². The third-order valence-electron chi connectivity index (χ3n) is 2.91. The number of aliphatic hydroxyl groups is 1. The quantitative estimate of drug-likeness (QED) is 0.712. The highest BCUT2D eigenvalue weighted by atomic mass is 16.3. The Morgan fingerprint density at radius 3 is 2.38 bits per heavy atom. The van der Waals surface area contributed by atoms with Gasteiger partial charge in [0.2, 0.25) is 0 Å². The highest BCUT2D eigenvalue weighted by Gasteiger charge is 2.34. The third kappa shape index (κ3) is 2.53. The minimum atomic E-state index is -0.213. The second-order valence-corrected chi connectivity index (χ2v) is 5.17. The fourth-order valence-electron chi connectivity index (χ4n) is 2.09. The highest BCUT2D eigenvalue weighted by Crippen LogP contribution is 2.35. The summed E-state index contributed by atoms with van der Waals surface area (Å²) in [5, 5.41) is 8.96. The molecule has 1 rings (SSSR count). The lowest BCUT2D eigenvalue weighted by molar-refractivity contribution is -0.130. The van der Waals surface area contributed by atoms with E-state index in [0.717, 1.165) is 19.3 Å². The number of carbonyl (C=O) groups is 1. The van der Waals surface area contributed by atoms with Crippen molar-refractivity contribution >= 4 is 5.78 Å². The zero-order valence-corrected chi connectivity index (χ0v) is 8.84. The molecule has 0 bridgehead atoms. The standard InChI is InChI=1S/C11H20O2/c1-11(2,3)10(13)9-5-4-8(6-9)7-12/h8-9,12H,4-7H2,1-3H3. The van der Waals surface area contributed by atoms with E-state index >= 15 is 0 Å². The SMILES string of the molecule is CC(C)(C)C(=O)C1CCC(CO)C1. The zero-order chi connectivity index (χ0) is 10.1. The molecule has 1 N–H and O–H groups in total. The maximum atomic E-state index is 11.8. The summed E-state index contributed by atoms with van der Waals surface area (Å²) in [5.41, 5.74) is -0.213. The molecule has 0 aromatic carbocycles. The molecular weight excluding hydrogens is 164 g/mol. The first-order chi connectivity index (χ1) is 5.95. The predicted octanol–water partition coefficient (Wildman–Crippen LogP) is 2.01. The van der Waals surface area contributed by atoms with Gasteiger partial charge in [-0.05, 0) is 25.2 Å². The van der Waals surface area contributed by atoms with E-state index in [1.165, 1.54) is 0 Å². The Labute approximate surface area is 80.3 Å². The van der Waals surface area contributed by atoms with Crippen molar-refractivity contribution in [3.8, 4) is 0 Å². The first-order valence-electron chi connectivity index (χ1n) is 5.10. The van der Waals surface area contributed by atoms with E-state index in [1.54, 1.807) is 0 Å². The molecule has 0 aliphatic heterocycles. The van der Waals surface area contributed by atoms with E-state index < -0.39 is 0 Å². The molecule has 0 spiro atoms. The van der Waals surface area contributed by atoms with Gasteiger partial charge < -0.3 is 5.11 Å². The Bertz CT molecular complexity index is 191. The molecule has 2 unspecified atom stereocenters. The van der Waals surface area contributed by atoms with Crippen LogP contribution in [0.5, 0.6) is 0 Å². The number of rotatable bonds is 2. The summed E-state index contributed by atoms with van der Waals surface area (Å²) in [7, 11) is 0. The molecule has 1 aliphatic rings. The number of hydrogen-bond acceptors (Lipinski definition) is 2. The Morgan fingerprint density at radius 2 is 2.00 bits per heavy atom. The number of hydrogen-bond donors (Lipinski definition) is 1. The van der Waals surface area contributed by atoms with Crippen molar-refractivity contribution in [1.82, 2.24) is 0 Å². The van der Waals surface area contributed by atoms with Gasteiger partial charge in [0, 0.05) is 17.9 Å². The van der Waals surface area contributed by atoms with E-state index in [1.807, 2.05) is 20.8 Å². The summed E-state index contributed by atoms with van der Waals surface area (Å²) in [6, 6.07) is 0. The van der Waals surface area contributed by atoms with Crippen LogP contribution >= 0.6 is 0 Å². The molecule has 0 saturated heterocycles. The van der Waals surface area contributed by atoms with Crippen LogP contribution in [0, 0.1) is 17.3 Å². The largest absolute Gasteiger partial charge is 0.396 e. The lowest BCUT2D eigenvalue weighted by atomic mass is 9.82. The van der Waals surface area contributed by atoms with Gasteiger partial charge in [-0.25, -0.2) is 0 Å². The van der Waals surface area contributed by atoms with Crippen molar-refractivity contribution in [2.24, 2.45) is 17.3 Å². The van der Waals surface area contributed by atoms with Gasteiger partial charge >= 0.3 is 0 Å². The van der Waals surface area contributed by atoms with Crippen LogP contribution in [0.4, 0.5) is 0 Å². The van der Waals surface area contributed by atoms with Crippen molar-refractivity contribution in [3.63, 3.8) is 0 Å². The van der Waals surface area contributed by atoms with E-state index in [-0.39, 0.29) is 17.9 Å². The van der Waals surface area contributed by atoms with E-state index in [2.05, 4.69) is 0 Å². The van der Waals surface area contributed by atoms with Gasteiger partial charge in [-0.15, -0.1) is 0 Å². The maximum absolute atomic E-state index is 11.8. The van der Waals surface area contributed by atoms with Gasteiger partial charge in [0.15, 0.2) is 0 Å². The molecule has 2 heteroatoms. The molecular formula is C11H20O2. The van der Waals surface area contributed by atoms with Crippen LogP contribution in [0.3, 0.4) is 0 Å². The molecule has 0 aromatic heterocycles. The number of ketones is 1. The molecule has 1 fully saturated rings. The van der Waals surface area contributed by atoms with Crippen molar-refractivity contribution in [1.29, 1.82) is 0 Å². The third-order valence-corrected chi connectivity index (χ3v) is 2.91. The summed E-state index contributed by atoms with van der Waals surface area (Å²) in [6.07, 6.45) is 2.89. The molecule has 13 heavy (non-hydrogen) atoms. The van der Waals surface area contributed by atoms with Crippen LogP contribution in [-0.2, 0) is 4.79 Å².